The highest BCUT2D eigenvalue weighted by Gasteiger charge is 2.24. The number of nitrogens with two attached hydrogens (primary N) is 1. The normalized spacial score (nSPS) is 13.9. The molecule has 0 saturated heterocycles. The summed E-state index contributed by atoms with van der Waals surface area (Å²) in [6.07, 6.45) is 6.60. The van der Waals surface area contributed by atoms with Gasteiger partial charge in [-0.2, -0.15) is 0 Å². The summed E-state index contributed by atoms with van der Waals surface area (Å²) in [4.78, 5) is 14.0. The van der Waals surface area contributed by atoms with Crippen LogP contribution in [-0.2, 0) is 6.42 Å². The number of rotatable bonds is 5. The Morgan fingerprint density at radius 2 is 1.95 bits per heavy atom. The molecule has 0 aliphatic rings. The predicted molar refractivity (Wildman–Crippen MR) is 80.1 cm³/mol. The number of hydrogen-bond donors (Lipinski definition) is 1. The van der Waals surface area contributed by atoms with E-state index in [0.29, 0.717) is 11.3 Å². The van der Waals surface area contributed by atoms with Gasteiger partial charge in [-0.3, -0.25) is 0 Å². The van der Waals surface area contributed by atoms with Crippen LogP contribution in [0.25, 0.3) is 10.5 Å². The molecule has 2 aromatic rings. The van der Waals surface area contributed by atoms with Crippen molar-refractivity contribution in [1.82, 2.24) is 15.0 Å². The number of hydrogen-bond acceptors (Lipinski definition) is 5. The summed E-state index contributed by atoms with van der Waals surface area (Å²) in [5.74, 6) is 0.630. The van der Waals surface area contributed by atoms with Gasteiger partial charge in [-0.1, -0.05) is 32.1 Å². The molecule has 19 heavy (non-hydrogen) atoms. The van der Waals surface area contributed by atoms with Crippen LogP contribution in [0.5, 0.6) is 0 Å². The Kier molecular flexibility index (Phi) is 4.47. The molecule has 0 spiro atoms. The second kappa shape index (κ2) is 5.92. The van der Waals surface area contributed by atoms with E-state index in [1.54, 1.807) is 23.7 Å². The van der Waals surface area contributed by atoms with Crippen molar-refractivity contribution in [3.8, 4) is 0 Å². The Morgan fingerprint density at radius 1 is 1.21 bits per heavy atom. The molecule has 5 heteroatoms. The largest absolute Gasteiger partial charge is 0.330 e. The molecule has 0 aliphatic carbocycles. The molecule has 2 heterocycles. The van der Waals surface area contributed by atoms with E-state index in [1.807, 2.05) is 0 Å². The topological polar surface area (TPSA) is 64.7 Å². The van der Waals surface area contributed by atoms with Gasteiger partial charge in [-0.05, 0) is 37.1 Å². The van der Waals surface area contributed by atoms with Gasteiger partial charge < -0.3 is 5.73 Å². The Balaban J connectivity index is 2.04. The van der Waals surface area contributed by atoms with Gasteiger partial charge in [0.05, 0.1) is 5.01 Å². The zero-order chi connectivity index (χ0) is 13.9. The summed E-state index contributed by atoms with van der Waals surface area (Å²) in [7, 11) is 0. The first-order valence-electron chi connectivity index (χ1n) is 6.77. The van der Waals surface area contributed by atoms with Gasteiger partial charge in [-0.15, -0.1) is 0 Å². The summed E-state index contributed by atoms with van der Waals surface area (Å²) in [6.45, 7) is 7.61. The van der Waals surface area contributed by atoms with E-state index in [4.69, 9.17) is 5.73 Å². The highest BCUT2D eigenvalue weighted by atomic mass is 32.1. The van der Waals surface area contributed by atoms with Gasteiger partial charge in [0.25, 0.3) is 0 Å². The van der Waals surface area contributed by atoms with E-state index in [0.717, 1.165) is 41.3 Å². The van der Waals surface area contributed by atoms with E-state index < -0.39 is 0 Å². The molecular weight excluding hydrogens is 256 g/mol. The maximum atomic E-state index is 5.72. The van der Waals surface area contributed by atoms with Crippen LogP contribution >= 0.6 is 11.3 Å². The van der Waals surface area contributed by atoms with Crippen LogP contribution in [0.3, 0.4) is 0 Å². The quantitative estimate of drug-likeness (QED) is 0.913. The van der Waals surface area contributed by atoms with Crippen molar-refractivity contribution in [2.75, 3.05) is 6.54 Å². The van der Waals surface area contributed by atoms with Gasteiger partial charge in [0, 0.05) is 12.4 Å². The first-order valence-corrected chi connectivity index (χ1v) is 7.59. The van der Waals surface area contributed by atoms with Gasteiger partial charge >= 0.3 is 0 Å². The first-order chi connectivity index (χ1) is 9.00. The number of aromatic nitrogens is 3. The number of thiazole rings is 1. The fourth-order valence-corrected chi connectivity index (χ4v) is 3.21. The summed E-state index contributed by atoms with van der Waals surface area (Å²) in [5.41, 5.74) is 6.79. The minimum absolute atomic E-state index is 0.298. The molecule has 0 saturated carbocycles. The molecule has 1 unspecified atom stereocenters. The lowest BCUT2D eigenvalue weighted by Crippen LogP contribution is -2.24. The maximum Gasteiger partial charge on any atom is 0.189 e. The SMILES string of the molecule is CC(C)(C)C(CCN)CCc1nc2nccnc2s1. The lowest BCUT2D eigenvalue weighted by Gasteiger charge is -2.30. The third-order valence-electron chi connectivity index (χ3n) is 3.54. The van der Waals surface area contributed by atoms with Gasteiger partial charge in [0.1, 0.15) is 0 Å². The molecule has 2 aromatic heterocycles. The van der Waals surface area contributed by atoms with Crippen LogP contribution in [0.1, 0.15) is 38.6 Å². The van der Waals surface area contributed by atoms with Crippen molar-refractivity contribution >= 4 is 21.8 Å². The number of aryl methyl sites for hydroxylation is 1. The molecule has 104 valence electrons. The molecule has 0 aliphatic heterocycles. The van der Waals surface area contributed by atoms with Crippen molar-refractivity contribution in [1.29, 1.82) is 0 Å². The third-order valence-corrected chi connectivity index (χ3v) is 4.55. The fourth-order valence-electron chi connectivity index (χ4n) is 2.34. The van der Waals surface area contributed by atoms with E-state index in [2.05, 4.69) is 35.7 Å². The minimum atomic E-state index is 0.298. The minimum Gasteiger partial charge on any atom is -0.330 e. The number of nitrogens with zero attached hydrogens (tertiary/aromatic N) is 3. The molecule has 2 N–H and O–H groups in total. The number of fused-ring (bicyclic) bond motifs is 1. The van der Waals surface area contributed by atoms with E-state index in [1.165, 1.54) is 0 Å². The average Bonchev–Trinajstić information content (AvgIpc) is 2.75. The average molecular weight is 278 g/mol. The van der Waals surface area contributed by atoms with Crippen LogP contribution in [0.2, 0.25) is 0 Å². The Bertz CT molecular complexity index is 496. The summed E-state index contributed by atoms with van der Waals surface area (Å²) in [5, 5.41) is 1.13. The molecule has 0 aromatic carbocycles. The monoisotopic (exact) mass is 278 g/mol. The van der Waals surface area contributed by atoms with E-state index >= 15 is 0 Å². The smallest absolute Gasteiger partial charge is 0.189 e. The van der Waals surface area contributed by atoms with E-state index in [9.17, 15) is 0 Å². The first kappa shape index (κ1) is 14.3. The van der Waals surface area contributed by atoms with E-state index in [-0.39, 0.29) is 0 Å². The lowest BCUT2D eigenvalue weighted by molar-refractivity contribution is 0.215. The summed E-state index contributed by atoms with van der Waals surface area (Å²) >= 11 is 1.65. The summed E-state index contributed by atoms with van der Waals surface area (Å²) in [6, 6.07) is 0. The standard InChI is InChI=1S/C14H22N4S/c1-14(2,3)10(6-7-15)4-5-11-18-12-13(19-11)17-9-8-16-12/h8-10H,4-7,15H2,1-3H3. The van der Waals surface area contributed by atoms with Crippen LogP contribution in [0.4, 0.5) is 0 Å². The highest BCUT2D eigenvalue weighted by Crippen LogP contribution is 2.32. The zero-order valence-electron chi connectivity index (χ0n) is 11.9. The van der Waals surface area contributed by atoms with Crippen LogP contribution < -0.4 is 5.73 Å². The summed E-state index contributed by atoms with van der Waals surface area (Å²) < 4.78 is 0. The molecule has 0 fully saturated rings. The molecule has 1 atom stereocenters. The van der Waals surface area contributed by atoms with Crippen molar-refractivity contribution in [2.45, 2.75) is 40.0 Å². The molecule has 0 amide bonds. The Labute approximate surface area is 118 Å². The van der Waals surface area contributed by atoms with Crippen molar-refractivity contribution < 1.29 is 0 Å². The highest BCUT2D eigenvalue weighted by molar-refractivity contribution is 7.18. The van der Waals surface area contributed by atoms with Gasteiger partial charge in [0.15, 0.2) is 10.5 Å². The van der Waals surface area contributed by atoms with Crippen LogP contribution in [0.15, 0.2) is 12.4 Å². The fraction of sp³-hybridized carbons (Fsp3) is 0.643. The molecule has 4 nitrogen and oxygen atoms in total. The lowest BCUT2D eigenvalue weighted by atomic mass is 9.76. The zero-order valence-corrected chi connectivity index (χ0v) is 12.7. The predicted octanol–water partition coefficient (Wildman–Crippen LogP) is 3.03. The second-order valence-corrected chi connectivity index (χ2v) is 7.03. The Hall–Kier alpha value is -1.07. The van der Waals surface area contributed by atoms with Gasteiger partial charge in [-0.25, -0.2) is 15.0 Å². The molecular formula is C14H22N4S. The van der Waals surface area contributed by atoms with Crippen molar-refractivity contribution in [3.05, 3.63) is 17.4 Å². The molecule has 0 radical (unpaired) electrons. The van der Waals surface area contributed by atoms with Gasteiger partial charge in [0.2, 0.25) is 0 Å². The second-order valence-electron chi connectivity index (χ2n) is 5.97. The third kappa shape index (κ3) is 3.70. The maximum absolute atomic E-state index is 5.72. The molecule has 2 rings (SSSR count). The van der Waals surface area contributed by atoms with Crippen molar-refractivity contribution in [3.63, 3.8) is 0 Å². The van der Waals surface area contributed by atoms with Crippen LogP contribution in [-0.4, -0.2) is 21.5 Å². The van der Waals surface area contributed by atoms with Crippen molar-refractivity contribution in [2.24, 2.45) is 17.1 Å². The van der Waals surface area contributed by atoms with Crippen LogP contribution in [0, 0.1) is 11.3 Å². The Morgan fingerprint density at radius 3 is 2.58 bits per heavy atom. The molecule has 0 bridgehead atoms.